The van der Waals surface area contributed by atoms with Gasteiger partial charge in [-0.15, -0.1) is 0 Å². The van der Waals surface area contributed by atoms with Crippen LogP contribution in [0.5, 0.6) is 11.5 Å². The Bertz CT molecular complexity index is 421. The lowest BCUT2D eigenvalue weighted by Gasteiger charge is -2.36. The third-order valence-corrected chi connectivity index (χ3v) is 4.72. The van der Waals surface area contributed by atoms with E-state index >= 15 is 0 Å². The van der Waals surface area contributed by atoms with Crippen LogP contribution in [-0.2, 0) is 0 Å². The SMILES string of the molecule is COc1ccc(OCCN2C[C@H]3CC[C@@H](C2)C3N)cc1. The minimum Gasteiger partial charge on any atom is -0.497 e. The monoisotopic (exact) mass is 276 g/mol. The van der Waals surface area contributed by atoms with Gasteiger partial charge in [0, 0.05) is 25.7 Å². The Balaban J connectivity index is 1.44. The molecule has 1 heterocycles. The summed E-state index contributed by atoms with van der Waals surface area (Å²) in [5.41, 5.74) is 6.22. The van der Waals surface area contributed by atoms with Crippen molar-refractivity contribution in [1.82, 2.24) is 4.90 Å². The second-order valence-electron chi connectivity index (χ2n) is 5.96. The molecule has 0 spiro atoms. The van der Waals surface area contributed by atoms with Gasteiger partial charge in [0.25, 0.3) is 0 Å². The third kappa shape index (κ3) is 2.91. The molecule has 1 aromatic rings. The number of rotatable bonds is 5. The summed E-state index contributed by atoms with van der Waals surface area (Å²) in [4.78, 5) is 2.51. The van der Waals surface area contributed by atoms with Gasteiger partial charge in [-0.3, -0.25) is 4.90 Å². The third-order valence-electron chi connectivity index (χ3n) is 4.72. The summed E-state index contributed by atoms with van der Waals surface area (Å²) >= 11 is 0. The molecule has 0 amide bonds. The van der Waals surface area contributed by atoms with Gasteiger partial charge >= 0.3 is 0 Å². The van der Waals surface area contributed by atoms with E-state index in [9.17, 15) is 0 Å². The van der Waals surface area contributed by atoms with E-state index < -0.39 is 0 Å². The molecule has 1 aromatic carbocycles. The molecule has 2 aliphatic rings. The Morgan fingerprint density at radius 3 is 2.30 bits per heavy atom. The molecule has 1 aliphatic heterocycles. The lowest BCUT2D eigenvalue weighted by molar-refractivity contribution is 0.126. The number of benzene rings is 1. The Labute approximate surface area is 120 Å². The van der Waals surface area contributed by atoms with E-state index in [4.69, 9.17) is 15.2 Å². The van der Waals surface area contributed by atoms with E-state index in [1.807, 2.05) is 24.3 Å². The second-order valence-corrected chi connectivity index (χ2v) is 5.96. The van der Waals surface area contributed by atoms with Crippen LogP contribution < -0.4 is 15.2 Å². The van der Waals surface area contributed by atoms with Crippen LogP contribution in [-0.4, -0.2) is 44.3 Å². The number of fused-ring (bicyclic) bond motifs is 2. The summed E-state index contributed by atoms with van der Waals surface area (Å²) in [5, 5.41) is 0. The molecule has 1 unspecified atom stereocenters. The average molecular weight is 276 g/mol. The molecule has 4 heteroatoms. The van der Waals surface area contributed by atoms with Crippen molar-refractivity contribution in [2.75, 3.05) is 33.4 Å². The lowest BCUT2D eigenvalue weighted by Crippen LogP contribution is -2.49. The van der Waals surface area contributed by atoms with Crippen molar-refractivity contribution in [3.05, 3.63) is 24.3 Å². The predicted octanol–water partition coefficient (Wildman–Crippen LogP) is 1.74. The van der Waals surface area contributed by atoms with Crippen LogP contribution in [0.1, 0.15) is 12.8 Å². The Kier molecular flexibility index (Phi) is 4.13. The summed E-state index contributed by atoms with van der Waals surface area (Å²) in [6.45, 7) is 4.01. The number of piperidine rings is 1. The summed E-state index contributed by atoms with van der Waals surface area (Å²) in [6.07, 6.45) is 2.61. The summed E-state index contributed by atoms with van der Waals surface area (Å²) < 4.78 is 10.9. The summed E-state index contributed by atoms with van der Waals surface area (Å²) in [7, 11) is 1.67. The van der Waals surface area contributed by atoms with Crippen molar-refractivity contribution in [3.63, 3.8) is 0 Å². The fourth-order valence-corrected chi connectivity index (χ4v) is 3.51. The predicted molar refractivity (Wildman–Crippen MR) is 79.1 cm³/mol. The highest BCUT2D eigenvalue weighted by Gasteiger charge is 2.39. The van der Waals surface area contributed by atoms with Crippen molar-refractivity contribution in [1.29, 1.82) is 0 Å². The molecule has 0 aromatic heterocycles. The summed E-state index contributed by atoms with van der Waals surface area (Å²) in [5.74, 6) is 3.17. The van der Waals surface area contributed by atoms with Gasteiger partial charge in [0.2, 0.25) is 0 Å². The average Bonchev–Trinajstić information content (AvgIpc) is 2.70. The van der Waals surface area contributed by atoms with Crippen molar-refractivity contribution < 1.29 is 9.47 Å². The van der Waals surface area contributed by atoms with Crippen LogP contribution in [0.15, 0.2) is 24.3 Å². The van der Waals surface area contributed by atoms with Crippen LogP contribution in [0, 0.1) is 11.8 Å². The number of nitrogens with two attached hydrogens (primary N) is 1. The highest BCUT2D eigenvalue weighted by molar-refractivity contribution is 5.31. The quantitative estimate of drug-likeness (QED) is 0.890. The molecule has 1 aliphatic carbocycles. The van der Waals surface area contributed by atoms with Crippen molar-refractivity contribution in [2.24, 2.45) is 17.6 Å². The van der Waals surface area contributed by atoms with E-state index in [1.54, 1.807) is 7.11 Å². The number of likely N-dealkylation sites (tertiary alicyclic amines) is 1. The van der Waals surface area contributed by atoms with Gasteiger partial charge < -0.3 is 15.2 Å². The number of nitrogens with zero attached hydrogens (tertiary/aromatic N) is 1. The normalized spacial score (nSPS) is 29.4. The smallest absolute Gasteiger partial charge is 0.119 e. The molecule has 3 atom stereocenters. The maximum atomic E-state index is 6.22. The molecule has 3 rings (SSSR count). The standard InChI is InChI=1S/C16H24N2O2/c1-19-14-4-6-15(7-5-14)20-9-8-18-10-12-2-3-13(11-18)16(12)17/h4-7,12-13,16H,2-3,8-11,17H2,1H3/t12-,13+,16?. The van der Waals surface area contributed by atoms with Crippen molar-refractivity contribution in [3.8, 4) is 11.5 Å². The Morgan fingerprint density at radius 2 is 1.70 bits per heavy atom. The van der Waals surface area contributed by atoms with E-state index in [-0.39, 0.29) is 0 Å². The van der Waals surface area contributed by atoms with Crippen molar-refractivity contribution >= 4 is 0 Å². The largest absolute Gasteiger partial charge is 0.497 e. The number of hydrogen-bond donors (Lipinski definition) is 1. The molecule has 20 heavy (non-hydrogen) atoms. The zero-order valence-corrected chi connectivity index (χ0v) is 12.1. The minimum atomic E-state index is 0.439. The van der Waals surface area contributed by atoms with Gasteiger partial charge in [-0.05, 0) is 48.9 Å². The fourth-order valence-electron chi connectivity index (χ4n) is 3.51. The van der Waals surface area contributed by atoms with Crippen LogP contribution in [0.4, 0.5) is 0 Å². The van der Waals surface area contributed by atoms with Crippen molar-refractivity contribution in [2.45, 2.75) is 18.9 Å². The molecule has 0 radical (unpaired) electrons. The first kappa shape index (κ1) is 13.7. The second kappa shape index (κ2) is 6.02. The van der Waals surface area contributed by atoms with Crippen LogP contribution in [0.25, 0.3) is 0 Å². The number of hydrogen-bond acceptors (Lipinski definition) is 4. The molecular weight excluding hydrogens is 252 g/mol. The van der Waals surface area contributed by atoms with Gasteiger partial charge in [-0.1, -0.05) is 0 Å². The van der Waals surface area contributed by atoms with E-state index in [2.05, 4.69) is 4.90 Å². The molecule has 2 fully saturated rings. The van der Waals surface area contributed by atoms with Crippen LogP contribution in [0.3, 0.4) is 0 Å². The first-order valence-corrected chi connectivity index (χ1v) is 7.51. The maximum Gasteiger partial charge on any atom is 0.119 e. The lowest BCUT2D eigenvalue weighted by atomic mass is 9.93. The van der Waals surface area contributed by atoms with Gasteiger partial charge in [-0.2, -0.15) is 0 Å². The molecule has 4 nitrogen and oxygen atoms in total. The highest BCUT2D eigenvalue weighted by Crippen LogP contribution is 2.35. The fraction of sp³-hybridized carbons (Fsp3) is 0.625. The van der Waals surface area contributed by atoms with Crippen LogP contribution >= 0.6 is 0 Å². The highest BCUT2D eigenvalue weighted by atomic mass is 16.5. The topological polar surface area (TPSA) is 47.7 Å². The first-order valence-electron chi connectivity index (χ1n) is 7.51. The molecular formula is C16H24N2O2. The van der Waals surface area contributed by atoms with E-state index in [1.165, 1.54) is 12.8 Å². The van der Waals surface area contributed by atoms with Gasteiger partial charge in [-0.25, -0.2) is 0 Å². The van der Waals surface area contributed by atoms with Crippen LogP contribution in [0.2, 0.25) is 0 Å². The molecule has 1 saturated carbocycles. The first-order chi connectivity index (χ1) is 9.76. The Morgan fingerprint density at radius 1 is 1.10 bits per heavy atom. The van der Waals surface area contributed by atoms with Gasteiger partial charge in [0.05, 0.1) is 7.11 Å². The molecule has 2 bridgehead atoms. The number of ether oxygens (including phenoxy) is 2. The summed E-state index contributed by atoms with van der Waals surface area (Å²) in [6, 6.07) is 8.20. The zero-order chi connectivity index (χ0) is 13.9. The maximum absolute atomic E-state index is 6.22. The molecule has 1 saturated heterocycles. The van der Waals surface area contributed by atoms with E-state index in [0.717, 1.165) is 37.7 Å². The Hall–Kier alpha value is -1.26. The van der Waals surface area contributed by atoms with E-state index in [0.29, 0.717) is 17.9 Å². The minimum absolute atomic E-state index is 0.439. The molecule has 2 N–H and O–H groups in total. The van der Waals surface area contributed by atoms with Gasteiger partial charge in [0.15, 0.2) is 0 Å². The molecule has 110 valence electrons. The number of methoxy groups -OCH3 is 1. The zero-order valence-electron chi connectivity index (χ0n) is 12.1. The van der Waals surface area contributed by atoms with Gasteiger partial charge in [0.1, 0.15) is 18.1 Å².